The van der Waals surface area contributed by atoms with Crippen molar-refractivity contribution in [3.8, 4) is 5.75 Å². The van der Waals surface area contributed by atoms with Crippen LogP contribution >= 0.6 is 0 Å². The van der Waals surface area contributed by atoms with Crippen LogP contribution in [0.3, 0.4) is 0 Å². The highest BCUT2D eigenvalue weighted by Gasteiger charge is 2.49. The number of carbonyl (C=O) groups is 2. The van der Waals surface area contributed by atoms with Gasteiger partial charge in [0.05, 0.1) is 13.0 Å². The molecule has 1 fully saturated rings. The standard InChI is InChI=1S/C24H24N4O3/c1-31-17-8-6-16(7-9-17)19-12-20(29)21(24(30)23(19)28-14-25-13-27-28)22-18-5-3-2-4-15(18)10-11-26-22/h2-9,13-14,19,21-23,26H,10-12H2,1H3. The Kier molecular flexibility index (Phi) is 5.11. The number of rotatable bonds is 4. The van der Waals surface area contributed by atoms with Crippen LogP contribution in [0.4, 0.5) is 0 Å². The molecular weight excluding hydrogens is 392 g/mol. The number of nitrogens with zero attached hydrogens (tertiary/aromatic N) is 3. The summed E-state index contributed by atoms with van der Waals surface area (Å²) >= 11 is 0. The third-order valence-corrected chi connectivity index (χ3v) is 6.49. The Balaban J connectivity index is 1.54. The summed E-state index contributed by atoms with van der Waals surface area (Å²) in [5.74, 6) is -0.462. The van der Waals surface area contributed by atoms with Gasteiger partial charge in [-0.25, -0.2) is 9.67 Å². The minimum Gasteiger partial charge on any atom is -0.497 e. The first-order valence-corrected chi connectivity index (χ1v) is 10.5. The fourth-order valence-electron chi connectivity index (χ4n) is 5.01. The molecular formula is C24H24N4O3. The van der Waals surface area contributed by atoms with Gasteiger partial charge in [-0.2, -0.15) is 5.10 Å². The smallest absolute Gasteiger partial charge is 0.170 e. The van der Waals surface area contributed by atoms with Crippen molar-refractivity contribution >= 4 is 11.6 Å². The zero-order chi connectivity index (χ0) is 21.4. The minimum absolute atomic E-state index is 0.0311. The highest BCUT2D eigenvalue weighted by molar-refractivity contribution is 6.08. The van der Waals surface area contributed by atoms with Crippen molar-refractivity contribution in [3.63, 3.8) is 0 Å². The maximum Gasteiger partial charge on any atom is 0.170 e. The van der Waals surface area contributed by atoms with E-state index in [1.54, 1.807) is 18.1 Å². The molecule has 2 aliphatic rings. The topological polar surface area (TPSA) is 86.1 Å². The second-order valence-electron chi connectivity index (χ2n) is 8.13. The van der Waals surface area contributed by atoms with E-state index in [0.29, 0.717) is 0 Å². The molecule has 158 valence electrons. The van der Waals surface area contributed by atoms with E-state index in [2.05, 4.69) is 21.5 Å². The summed E-state index contributed by atoms with van der Waals surface area (Å²) < 4.78 is 6.86. The van der Waals surface area contributed by atoms with Crippen LogP contribution in [-0.2, 0) is 16.0 Å². The van der Waals surface area contributed by atoms with Crippen LogP contribution in [0.5, 0.6) is 5.75 Å². The molecule has 0 radical (unpaired) electrons. The molecule has 1 saturated carbocycles. The van der Waals surface area contributed by atoms with Gasteiger partial charge in [0.2, 0.25) is 0 Å². The van der Waals surface area contributed by atoms with Gasteiger partial charge in [0.1, 0.15) is 30.2 Å². The van der Waals surface area contributed by atoms with E-state index < -0.39 is 12.0 Å². The minimum atomic E-state index is -0.745. The summed E-state index contributed by atoms with van der Waals surface area (Å²) in [7, 11) is 1.61. The Morgan fingerprint density at radius 3 is 2.65 bits per heavy atom. The lowest BCUT2D eigenvalue weighted by Crippen LogP contribution is -2.48. The molecule has 3 aromatic rings. The van der Waals surface area contributed by atoms with Crippen molar-refractivity contribution in [1.29, 1.82) is 0 Å². The lowest BCUT2D eigenvalue weighted by molar-refractivity contribution is -0.141. The third-order valence-electron chi connectivity index (χ3n) is 6.49. The van der Waals surface area contributed by atoms with Gasteiger partial charge < -0.3 is 10.1 Å². The maximum absolute atomic E-state index is 13.9. The molecule has 0 amide bonds. The van der Waals surface area contributed by atoms with E-state index in [4.69, 9.17) is 4.74 Å². The number of hydrogen-bond donors (Lipinski definition) is 1. The summed E-state index contributed by atoms with van der Waals surface area (Å²) in [6.45, 7) is 0.745. The van der Waals surface area contributed by atoms with Crippen molar-refractivity contribution in [2.24, 2.45) is 5.92 Å². The van der Waals surface area contributed by atoms with Gasteiger partial charge in [-0.15, -0.1) is 0 Å². The van der Waals surface area contributed by atoms with E-state index in [1.807, 2.05) is 42.5 Å². The Morgan fingerprint density at radius 2 is 1.90 bits per heavy atom. The van der Waals surface area contributed by atoms with E-state index in [0.717, 1.165) is 29.8 Å². The Morgan fingerprint density at radius 1 is 1.10 bits per heavy atom. The summed E-state index contributed by atoms with van der Waals surface area (Å²) in [6.07, 6.45) is 4.16. The Bertz CT molecular complexity index is 1090. The van der Waals surface area contributed by atoms with E-state index in [1.165, 1.54) is 11.9 Å². The summed E-state index contributed by atoms with van der Waals surface area (Å²) in [5, 5.41) is 7.71. The summed E-state index contributed by atoms with van der Waals surface area (Å²) in [4.78, 5) is 31.3. The highest BCUT2D eigenvalue weighted by Crippen LogP contribution is 2.44. The van der Waals surface area contributed by atoms with Crippen molar-refractivity contribution in [3.05, 3.63) is 77.9 Å². The molecule has 7 nitrogen and oxygen atoms in total. The monoisotopic (exact) mass is 416 g/mol. The van der Waals surface area contributed by atoms with Crippen molar-refractivity contribution in [2.45, 2.75) is 30.8 Å². The molecule has 0 saturated heterocycles. The van der Waals surface area contributed by atoms with Crippen molar-refractivity contribution in [2.75, 3.05) is 13.7 Å². The van der Waals surface area contributed by atoms with Gasteiger partial charge in [0.15, 0.2) is 5.78 Å². The van der Waals surface area contributed by atoms with Crippen molar-refractivity contribution in [1.82, 2.24) is 20.1 Å². The van der Waals surface area contributed by atoms with Gasteiger partial charge in [-0.3, -0.25) is 9.59 Å². The molecule has 1 aromatic heterocycles. The van der Waals surface area contributed by atoms with Gasteiger partial charge in [0.25, 0.3) is 0 Å². The number of ketones is 2. The number of Topliss-reactive ketones (excluding diaryl/α,β-unsaturated/α-hetero) is 2. The van der Waals surface area contributed by atoms with Crippen LogP contribution in [0.2, 0.25) is 0 Å². The number of hydrogen-bond acceptors (Lipinski definition) is 6. The number of benzene rings is 2. The number of carbonyl (C=O) groups excluding carboxylic acids is 2. The predicted octanol–water partition coefficient (Wildman–Crippen LogP) is 2.66. The van der Waals surface area contributed by atoms with Gasteiger partial charge in [-0.05, 0) is 41.8 Å². The van der Waals surface area contributed by atoms with Crippen LogP contribution in [0, 0.1) is 5.92 Å². The number of ether oxygens (including phenoxy) is 1. The third kappa shape index (κ3) is 3.45. The molecule has 0 bridgehead atoms. The zero-order valence-corrected chi connectivity index (χ0v) is 17.3. The highest BCUT2D eigenvalue weighted by atomic mass is 16.5. The lowest BCUT2D eigenvalue weighted by atomic mass is 9.69. The molecule has 0 spiro atoms. The molecule has 2 aromatic carbocycles. The van der Waals surface area contributed by atoms with Crippen LogP contribution < -0.4 is 10.1 Å². The van der Waals surface area contributed by atoms with Crippen LogP contribution in [0.25, 0.3) is 0 Å². The van der Waals surface area contributed by atoms with Crippen LogP contribution in [0.1, 0.15) is 41.1 Å². The first-order valence-electron chi connectivity index (χ1n) is 10.5. The SMILES string of the molecule is COc1ccc(C2CC(=O)C(C3NCCc4ccccc43)C(=O)C2n2cncn2)cc1. The molecule has 5 rings (SSSR count). The average molecular weight is 416 g/mol. The predicted molar refractivity (Wildman–Crippen MR) is 114 cm³/mol. The first kappa shape index (κ1) is 19.6. The molecule has 1 aliphatic carbocycles. The van der Waals surface area contributed by atoms with E-state index in [9.17, 15) is 9.59 Å². The van der Waals surface area contributed by atoms with Crippen LogP contribution in [0.15, 0.2) is 61.2 Å². The number of aromatic nitrogens is 3. The molecule has 2 heterocycles. The molecule has 1 N–H and O–H groups in total. The quantitative estimate of drug-likeness (QED) is 0.658. The Hall–Kier alpha value is -3.32. The lowest BCUT2D eigenvalue weighted by Gasteiger charge is -2.39. The number of nitrogens with one attached hydrogen (secondary N) is 1. The van der Waals surface area contributed by atoms with Gasteiger partial charge >= 0.3 is 0 Å². The normalized spacial score (nSPS) is 25.8. The zero-order valence-electron chi connectivity index (χ0n) is 17.3. The van der Waals surface area contributed by atoms with E-state index >= 15 is 0 Å². The first-order chi connectivity index (χ1) is 15.2. The average Bonchev–Trinajstić information content (AvgIpc) is 3.33. The molecule has 7 heteroatoms. The molecule has 4 atom stereocenters. The fraction of sp³-hybridized carbons (Fsp3) is 0.333. The van der Waals surface area contributed by atoms with Gasteiger partial charge in [-0.1, -0.05) is 36.4 Å². The summed E-state index contributed by atoms with van der Waals surface area (Å²) in [5.41, 5.74) is 3.15. The Labute approximate surface area is 180 Å². The molecule has 4 unspecified atom stereocenters. The van der Waals surface area contributed by atoms with Crippen molar-refractivity contribution < 1.29 is 14.3 Å². The largest absolute Gasteiger partial charge is 0.497 e. The number of methoxy groups -OCH3 is 1. The van der Waals surface area contributed by atoms with E-state index in [-0.39, 0.29) is 29.9 Å². The molecule has 1 aliphatic heterocycles. The number of fused-ring (bicyclic) bond motifs is 1. The second-order valence-corrected chi connectivity index (χ2v) is 8.13. The maximum atomic E-state index is 13.9. The second kappa shape index (κ2) is 8.07. The molecule has 31 heavy (non-hydrogen) atoms. The van der Waals surface area contributed by atoms with Gasteiger partial charge in [0, 0.05) is 18.4 Å². The summed E-state index contributed by atoms with van der Waals surface area (Å²) in [6, 6.07) is 14.7. The fourth-order valence-corrected chi connectivity index (χ4v) is 5.01. The van der Waals surface area contributed by atoms with Crippen LogP contribution in [-0.4, -0.2) is 40.0 Å².